The molecule has 21 heavy (non-hydrogen) atoms. The summed E-state index contributed by atoms with van der Waals surface area (Å²) in [7, 11) is 0. The summed E-state index contributed by atoms with van der Waals surface area (Å²) >= 11 is 5.47. The maximum Gasteiger partial charge on any atom is 0.268 e. The number of anilines is 2. The van der Waals surface area contributed by atoms with Crippen LogP contribution in [0.2, 0.25) is 0 Å². The van der Waals surface area contributed by atoms with Crippen molar-refractivity contribution in [3.05, 3.63) is 30.4 Å². The number of carbonyl (C=O) groups is 2. The Morgan fingerprint density at radius 3 is 2.86 bits per heavy atom. The molecule has 1 aliphatic heterocycles. The Hall–Kier alpha value is -2.01. The largest absolute Gasteiger partial charge is 0.479 e. The van der Waals surface area contributed by atoms with Crippen LogP contribution in [-0.4, -0.2) is 30.3 Å². The van der Waals surface area contributed by atoms with E-state index in [1.54, 1.807) is 30.0 Å². The lowest BCUT2D eigenvalue weighted by atomic mass is 10.1. The van der Waals surface area contributed by atoms with Crippen molar-refractivity contribution in [1.29, 1.82) is 0 Å². The number of nitrogens with one attached hydrogen (secondary N) is 1. The molecule has 1 aromatic carbocycles. The topological polar surface area (TPSA) is 58.6 Å². The monoisotopic (exact) mass is 308 g/mol. The van der Waals surface area contributed by atoms with Crippen molar-refractivity contribution < 1.29 is 14.3 Å². The van der Waals surface area contributed by atoms with Crippen molar-refractivity contribution in [3.63, 3.8) is 0 Å². The van der Waals surface area contributed by atoms with E-state index < -0.39 is 6.10 Å². The lowest BCUT2D eigenvalue weighted by Gasteiger charge is -2.33. The van der Waals surface area contributed by atoms with E-state index >= 15 is 0 Å². The molecule has 1 atom stereocenters. The third kappa shape index (κ3) is 3.36. The summed E-state index contributed by atoms with van der Waals surface area (Å²) in [5.41, 5.74) is 2.05. The smallest absolute Gasteiger partial charge is 0.268 e. The predicted octanol–water partition coefficient (Wildman–Crippen LogP) is 2.55. The predicted molar refractivity (Wildman–Crippen MR) is 83.0 cm³/mol. The van der Waals surface area contributed by atoms with E-state index in [4.69, 9.17) is 16.3 Å². The number of benzene rings is 1. The van der Waals surface area contributed by atoms with Gasteiger partial charge in [-0.1, -0.05) is 12.2 Å². The molecule has 0 aliphatic carbocycles. The molecule has 112 valence electrons. The molecule has 0 fully saturated rings. The fourth-order valence-corrected chi connectivity index (χ4v) is 2.18. The zero-order valence-electron chi connectivity index (χ0n) is 12.0. The van der Waals surface area contributed by atoms with Gasteiger partial charge in [-0.05, 0) is 32.0 Å². The van der Waals surface area contributed by atoms with E-state index in [0.29, 0.717) is 23.7 Å². The van der Waals surface area contributed by atoms with Gasteiger partial charge in [0, 0.05) is 12.2 Å². The maximum absolute atomic E-state index is 12.3. The van der Waals surface area contributed by atoms with E-state index in [0.717, 1.165) is 5.57 Å². The summed E-state index contributed by atoms with van der Waals surface area (Å²) in [5.74, 6) is 0.0389. The van der Waals surface area contributed by atoms with Crippen LogP contribution >= 0.6 is 11.6 Å². The quantitative estimate of drug-likeness (QED) is 0.687. The second-order valence-electron chi connectivity index (χ2n) is 5.01. The van der Waals surface area contributed by atoms with Gasteiger partial charge in [-0.25, -0.2) is 0 Å². The normalized spacial score (nSPS) is 17.0. The SMILES string of the molecule is C=C(C)CN1C(=O)C(C)Oc2ccc(NC(=O)CCl)cc21. The van der Waals surface area contributed by atoms with E-state index in [1.165, 1.54) is 0 Å². The Morgan fingerprint density at radius 1 is 1.52 bits per heavy atom. The van der Waals surface area contributed by atoms with Gasteiger partial charge in [0.25, 0.3) is 5.91 Å². The first-order valence-corrected chi connectivity index (χ1v) is 7.08. The van der Waals surface area contributed by atoms with Gasteiger partial charge >= 0.3 is 0 Å². The Kier molecular flexibility index (Phi) is 4.53. The number of hydrogen-bond donors (Lipinski definition) is 1. The molecule has 2 rings (SSSR count). The van der Waals surface area contributed by atoms with Crippen LogP contribution in [0.4, 0.5) is 11.4 Å². The Morgan fingerprint density at radius 2 is 2.24 bits per heavy atom. The van der Waals surface area contributed by atoms with Crippen LogP contribution in [0.5, 0.6) is 5.75 Å². The minimum atomic E-state index is -0.542. The van der Waals surface area contributed by atoms with E-state index in [9.17, 15) is 9.59 Å². The Bertz CT molecular complexity index is 601. The van der Waals surface area contributed by atoms with Crippen molar-refractivity contribution in [3.8, 4) is 5.75 Å². The fourth-order valence-electron chi connectivity index (χ4n) is 2.11. The number of rotatable bonds is 4. The summed E-state index contributed by atoms with van der Waals surface area (Å²) in [6.07, 6.45) is -0.542. The molecule has 0 saturated heterocycles. The lowest BCUT2D eigenvalue weighted by molar-refractivity contribution is -0.125. The van der Waals surface area contributed by atoms with Gasteiger partial charge in [-0.15, -0.1) is 11.6 Å². The molecule has 0 radical (unpaired) electrons. The number of fused-ring (bicyclic) bond motifs is 1. The number of carbonyl (C=O) groups excluding carboxylic acids is 2. The second kappa shape index (κ2) is 6.18. The number of hydrogen-bond acceptors (Lipinski definition) is 3. The number of halogens is 1. The Balaban J connectivity index is 2.38. The highest BCUT2D eigenvalue weighted by atomic mass is 35.5. The highest BCUT2D eigenvalue weighted by Gasteiger charge is 2.31. The zero-order valence-corrected chi connectivity index (χ0v) is 12.7. The number of alkyl halides is 1. The number of nitrogens with zero attached hydrogens (tertiary/aromatic N) is 1. The molecule has 1 N–H and O–H groups in total. The maximum atomic E-state index is 12.3. The average Bonchev–Trinajstić information content (AvgIpc) is 2.44. The molecule has 1 aliphatic rings. The van der Waals surface area contributed by atoms with Gasteiger partial charge in [0.1, 0.15) is 11.6 Å². The zero-order chi connectivity index (χ0) is 15.6. The molecule has 0 aromatic heterocycles. The van der Waals surface area contributed by atoms with Crippen LogP contribution in [0.3, 0.4) is 0 Å². The van der Waals surface area contributed by atoms with Crippen LogP contribution < -0.4 is 15.0 Å². The van der Waals surface area contributed by atoms with E-state index in [-0.39, 0.29) is 17.7 Å². The standard InChI is InChI=1S/C15H17ClN2O3/c1-9(2)8-18-12-6-11(17-14(19)7-16)4-5-13(12)21-10(3)15(18)20/h4-6,10H,1,7-8H2,2-3H3,(H,17,19). The van der Waals surface area contributed by atoms with Crippen LogP contribution in [0.25, 0.3) is 0 Å². The minimum absolute atomic E-state index is 0.126. The van der Waals surface area contributed by atoms with Gasteiger partial charge < -0.3 is 15.0 Å². The van der Waals surface area contributed by atoms with Crippen LogP contribution in [-0.2, 0) is 9.59 Å². The molecule has 0 saturated carbocycles. The summed E-state index contributed by atoms with van der Waals surface area (Å²) in [6, 6.07) is 5.14. The van der Waals surface area contributed by atoms with Crippen molar-refractivity contribution in [2.24, 2.45) is 0 Å². The van der Waals surface area contributed by atoms with Crippen molar-refractivity contribution in [2.75, 3.05) is 22.6 Å². The van der Waals surface area contributed by atoms with Crippen molar-refractivity contribution >= 4 is 34.8 Å². The first-order chi connectivity index (χ1) is 9.92. The molecule has 0 bridgehead atoms. The summed E-state index contributed by atoms with van der Waals surface area (Å²) < 4.78 is 5.58. The summed E-state index contributed by atoms with van der Waals surface area (Å²) in [5, 5.41) is 2.65. The third-order valence-electron chi connectivity index (χ3n) is 3.00. The van der Waals surface area contributed by atoms with Crippen LogP contribution in [0.15, 0.2) is 30.4 Å². The number of ether oxygens (including phenoxy) is 1. The molecule has 1 aromatic rings. The average molecular weight is 309 g/mol. The minimum Gasteiger partial charge on any atom is -0.479 e. The molecular weight excluding hydrogens is 292 g/mol. The molecular formula is C15H17ClN2O3. The lowest BCUT2D eigenvalue weighted by Crippen LogP contribution is -2.45. The van der Waals surface area contributed by atoms with Gasteiger partial charge in [0.2, 0.25) is 5.91 Å². The highest BCUT2D eigenvalue weighted by molar-refractivity contribution is 6.29. The van der Waals surface area contributed by atoms with E-state index in [2.05, 4.69) is 11.9 Å². The van der Waals surface area contributed by atoms with Gasteiger partial charge in [0.15, 0.2) is 6.10 Å². The summed E-state index contributed by atoms with van der Waals surface area (Å²) in [4.78, 5) is 25.2. The molecule has 5 nitrogen and oxygen atoms in total. The Labute approximate surface area is 128 Å². The van der Waals surface area contributed by atoms with Crippen LogP contribution in [0.1, 0.15) is 13.8 Å². The first-order valence-electron chi connectivity index (χ1n) is 6.54. The van der Waals surface area contributed by atoms with Crippen molar-refractivity contribution in [2.45, 2.75) is 20.0 Å². The van der Waals surface area contributed by atoms with Gasteiger partial charge in [0.05, 0.1) is 5.69 Å². The molecule has 6 heteroatoms. The summed E-state index contributed by atoms with van der Waals surface area (Å²) in [6.45, 7) is 7.81. The van der Waals surface area contributed by atoms with Gasteiger partial charge in [-0.2, -0.15) is 0 Å². The first kappa shape index (κ1) is 15.4. The molecule has 2 amide bonds. The van der Waals surface area contributed by atoms with Gasteiger partial charge in [-0.3, -0.25) is 9.59 Å². The van der Waals surface area contributed by atoms with Crippen molar-refractivity contribution in [1.82, 2.24) is 0 Å². The fraction of sp³-hybridized carbons (Fsp3) is 0.333. The second-order valence-corrected chi connectivity index (χ2v) is 5.27. The van der Waals surface area contributed by atoms with E-state index in [1.807, 2.05) is 6.92 Å². The highest BCUT2D eigenvalue weighted by Crippen LogP contribution is 2.36. The third-order valence-corrected chi connectivity index (χ3v) is 3.24. The molecule has 1 heterocycles. The number of amides is 2. The molecule has 1 unspecified atom stereocenters. The van der Waals surface area contributed by atoms with Crippen LogP contribution in [0, 0.1) is 0 Å². The molecule has 0 spiro atoms.